The molecule has 0 bridgehead atoms. The lowest BCUT2D eigenvalue weighted by atomic mass is 10.1. The molecule has 0 fully saturated rings. The van der Waals surface area contributed by atoms with Gasteiger partial charge in [0.1, 0.15) is 18.2 Å². The lowest BCUT2D eigenvalue weighted by Gasteiger charge is -2.22. The van der Waals surface area contributed by atoms with Crippen LogP contribution in [0.15, 0.2) is 24.3 Å². The summed E-state index contributed by atoms with van der Waals surface area (Å²) >= 11 is 0. The minimum absolute atomic E-state index is 0.0552. The van der Waals surface area contributed by atoms with Gasteiger partial charge in [-0.15, -0.1) is 0 Å². The second-order valence-corrected chi connectivity index (χ2v) is 6.29. The molecule has 132 valence electrons. The Morgan fingerprint density at radius 2 is 1.79 bits per heavy atom. The number of ether oxygens (including phenoxy) is 2. The number of benzene rings is 1. The Kier molecular flexibility index (Phi) is 6.76. The fraction of sp³-hybridized carbons (Fsp3) is 0.471. The maximum Gasteiger partial charge on any atom is 0.408 e. The number of nitrogens with one attached hydrogen (secondary N) is 2. The van der Waals surface area contributed by atoms with Crippen molar-refractivity contribution < 1.29 is 23.9 Å². The summed E-state index contributed by atoms with van der Waals surface area (Å²) in [5, 5.41) is 5.17. The summed E-state index contributed by atoms with van der Waals surface area (Å²) in [7, 11) is 0. The molecule has 0 saturated carbocycles. The molecule has 0 spiro atoms. The van der Waals surface area contributed by atoms with Gasteiger partial charge in [0.15, 0.2) is 0 Å². The maximum absolute atomic E-state index is 12.2. The van der Waals surface area contributed by atoms with Gasteiger partial charge in [-0.25, -0.2) is 4.79 Å². The molecule has 7 heteroatoms. The first kappa shape index (κ1) is 19.5. The Morgan fingerprint density at radius 3 is 2.38 bits per heavy atom. The van der Waals surface area contributed by atoms with E-state index in [4.69, 9.17) is 9.47 Å². The van der Waals surface area contributed by atoms with Crippen molar-refractivity contribution in [3.63, 3.8) is 0 Å². The molecule has 24 heavy (non-hydrogen) atoms. The lowest BCUT2D eigenvalue weighted by Crippen LogP contribution is -2.44. The Balaban J connectivity index is 2.67. The second kappa shape index (κ2) is 8.33. The fourth-order valence-electron chi connectivity index (χ4n) is 1.74. The van der Waals surface area contributed by atoms with Crippen LogP contribution in [0.25, 0.3) is 0 Å². The predicted molar refractivity (Wildman–Crippen MR) is 89.4 cm³/mol. The third-order valence-corrected chi connectivity index (χ3v) is 2.83. The summed E-state index contributed by atoms with van der Waals surface area (Å²) in [6.07, 6.45) is -0.668. The number of alkyl carbamates (subject to hydrolysis) is 1. The Morgan fingerprint density at radius 1 is 1.17 bits per heavy atom. The largest absolute Gasteiger partial charge is 0.461 e. The van der Waals surface area contributed by atoms with Crippen molar-refractivity contribution in [1.82, 2.24) is 5.32 Å². The summed E-state index contributed by atoms with van der Waals surface area (Å²) in [5.41, 5.74) is 0.531. The zero-order valence-electron chi connectivity index (χ0n) is 14.6. The highest BCUT2D eigenvalue weighted by Crippen LogP contribution is 2.16. The monoisotopic (exact) mass is 336 g/mol. The minimum Gasteiger partial charge on any atom is -0.461 e. The quantitative estimate of drug-likeness (QED) is 0.806. The number of rotatable bonds is 5. The van der Waals surface area contributed by atoms with E-state index in [9.17, 15) is 14.4 Å². The van der Waals surface area contributed by atoms with Crippen LogP contribution >= 0.6 is 0 Å². The third-order valence-electron chi connectivity index (χ3n) is 2.83. The molecular weight excluding hydrogens is 312 g/mol. The third kappa shape index (κ3) is 7.13. The van der Waals surface area contributed by atoms with Crippen LogP contribution in [0.5, 0.6) is 0 Å². The topological polar surface area (TPSA) is 93.7 Å². The van der Waals surface area contributed by atoms with Gasteiger partial charge in [0.05, 0.1) is 0 Å². The molecule has 1 rings (SSSR count). The molecule has 0 unspecified atom stereocenters. The molecule has 1 aromatic carbocycles. The van der Waals surface area contributed by atoms with E-state index in [-0.39, 0.29) is 6.61 Å². The Labute approximate surface area is 141 Å². The molecule has 2 N–H and O–H groups in total. The molecule has 2 amide bonds. The van der Waals surface area contributed by atoms with Crippen LogP contribution in [0.2, 0.25) is 0 Å². The van der Waals surface area contributed by atoms with E-state index in [0.717, 1.165) is 0 Å². The normalized spacial score (nSPS) is 12.0. The molecule has 0 heterocycles. The Hall–Kier alpha value is -2.57. The number of amides is 2. The highest BCUT2D eigenvalue weighted by atomic mass is 16.6. The first-order valence-electron chi connectivity index (χ1n) is 7.60. The smallest absolute Gasteiger partial charge is 0.408 e. The number of esters is 1. The van der Waals surface area contributed by atoms with E-state index in [2.05, 4.69) is 10.6 Å². The molecule has 0 aliphatic carbocycles. The summed E-state index contributed by atoms with van der Waals surface area (Å²) in [5.74, 6) is -0.813. The molecule has 0 aliphatic rings. The number of anilines is 1. The van der Waals surface area contributed by atoms with Crippen molar-refractivity contribution in [3.05, 3.63) is 29.8 Å². The van der Waals surface area contributed by atoms with Gasteiger partial charge in [-0.2, -0.15) is 0 Å². The fourth-order valence-corrected chi connectivity index (χ4v) is 1.74. The van der Waals surface area contributed by atoms with Crippen LogP contribution in [0.4, 0.5) is 10.5 Å². The van der Waals surface area contributed by atoms with Crippen LogP contribution < -0.4 is 10.6 Å². The number of carbonyl (C=O) groups excluding carboxylic acids is 3. The molecule has 7 nitrogen and oxygen atoms in total. The predicted octanol–water partition coefficient (Wildman–Crippen LogP) is 2.60. The van der Waals surface area contributed by atoms with Gasteiger partial charge in [0.25, 0.3) is 0 Å². The van der Waals surface area contributed by atoms with Crippen molar-refractivity contribution in [2.75, 3.05) is 5.32 Å². The molecule has 1 atom stereocenters. The summed E-state index contributed by atoms with van der Waals surface area (Å²) in [4.78, 5) is 34.8. The standard InChI is InChI=1S/C17H24N2O5/c1-11(18-16(22)24-17(3,4)5)15(21)19-14-9-7-6-8-13(14)10-23-12(2)20/h6-9,11H,10H2,1-5H3,(H,18,22)(H,19,21)/t11-/m0/s1. The zero-order chi connectivity index (χ0) is 18.3. The average molecular weight is 336 g/mol. The van der Waals surface area contributed by atoms with Gasteiger partial charge in [0, 0.05) is 18.2 Å². The first-order valence-corrected chi connectivity index (χ1v) is 7.60. The zero-order valence-corrected chi connectivity index (χ0v) is 14.6. The van der Waals surface area contributed by atoms with Gasteiger partial charge in [0.2, 0.25) is 5.91 Å². The van der Waals surface area contributed by atoms with E-state index < -0.39 is 29.6 Å². The SMILES string of the molecule is CC(=O)OCc1ccccc1NC(=O)[C@H](C)NC(=O)OC(C)(C)C. The van der Waals surface area contributed by atoms with Crippen LogP contribution in [-0.4, -0.2) is 29.6 Å². The molecule has 0 saturated heterocycles. The summed E-state index contributed by atoms with van der Waals surface area (Å²) in [6.45, 7) is 8.13. The van der Waals surface area contributed by atoms with Gasteiger partial charge >= 0.3 is 12.1 Å². The number of hydrogen-bond acceptors (Lipinski definition) is 5. The molecule has 0 aromatic heterocycles. The second-order valence-electron chi connectivity index (χ2n) is 6.29. The van der Waals surface area contributed by atoms with E-state index >= 15 is 0 Å². The Bertz CT molecular complexity index is 607. The van der Waals surface area contributed by atoms with E-state index in [1.165, 1.54) is 6.92 Å². The lowest BCUT2D eigenvalue weighted by molar-refractivity contribution is -0.142. The average Bonchev–Trinajstić information content (AvgIpc) is 2.44. The summed E-state index contributed by atoms with van der Waals surface area (Å²) in [6, 6.07) is 6.17. The van der Waals surface area contributed by atoms with Crippen molar-refractivity contribution in [2.45, 2.75) is 52.9 Å². The van der Waals surface area contributed by atoms with Crippen LogP contribution in [0.1, 0.15) is 40.2 Å². The van der Waals surface area contributed by atoms with Crippen molar-refractivity contribution in [1.29, 1.82) is 0 Å². The van der Waals surface area contributed by atoms with Gasteiger partial charge < -0.3 is 20.1 Å². The first-order chi connectivity index (χ1) is 11.1. The highest BCUT2D eigenvalue weighted by Gasteiger charge is 2.21. The summed E-state index contributed by atoms with van der Waals surface area (Å²) < 4.78 is 10.1. The van der Waals surface area contributed by atoms with E-state index in [0.29, 0.717) is 11.3 Å². The number of para-hydroxylation sites is 1. The molecule has 0 radical (unpaired) electrons. The van der Waals surface area contributed by atoms with E-state index in [1.807, 2.05) is 0 Å². The van der Waals surface area contributed by atoms with Gasteiger partial charge in [-0.05, 0) is 33.8 Å². The van der Waals surface area contributed by atoms with Crippen molar-refractivity contribution in [3.8, 4) is 0 Å². The van der Waals surface area contributed by atoms with Crippen LogP contribution in [0, 0.1) is 0 Å². The van der Waals surface area contributed by atoms with Crippen molar-refractivity contribution >= 4 is 23.7 Å². The van der Waals surface area contributed by atoms with Gasteiger partial charge in [-0.1, -0.05) is 18.2 Å². The minimum atomic E-state index is -0.790. The number of hydrogen-bond donors (Lipinski definition) is 2. The van der Waals surface area contributed by atoms with Crippen LogP contribution in [-0.2, 0) is 25.7 Å². The van der Waals surface area contributed by atoms with Crippen LogP contribution in [0.3, 0.4) is 0 Å². The highest BCUT2D eigenvalue weighted by molar-refractivity contribution is 5.96. The van der Waals surface area contributed by atoms with Crippen molar-refractivity contribution in [2.24, 2.45) is 0 Å². The molecular formula is C17H24N2O5. The molecule has 0 aliphatic heterocycles. The number of carbonyl (C=O) groups is 3. The van der Waals surface area contributed by atoms with Gasteiger partial charge in [-0.3, -0.25) is 9.59 Å². The maximum atomic E-state index is 12.2. The van der Waals surface area contributed by atoms with E-state index in [1.54, 1.807) is 52.0 Å². The molecule has 1 aromatic rings.